The minimum absolute atomic E-state index is 0.180. The zero-order chi connectivity index (χ0) is 11.4. The molecule has 1 rings (SSSR count). The Bertz CT molecular complexity index is 408. The maximum Gasteiger partial charge on any atom is 0.254 e. The summed E-state index contributed by atoms with van der Waals surface area (Å²) in [7, 11) is 3.30. The summed E-state index contributed by atoms with van der Waals surface area (Å²) in [5.41, 5.74) is 0.804. The molecule has 0 radical (unpaired) electrons. The van der Waals surface area contributed by atoms with Crippen LogP contribution in [0.3, 0.4) is 0 Å². The third-order valence-corrected chi connectivity index (χ3v) is 2.01. The first-order valence-corrected chi connectivity index (χ1v) is 4.55. The first-order chi connectivity index (χ1) is 7.07. The van der Waals surface area contributed by atoms with E-state index in [2.05, 4.69) is 6.58 Å². The molecule has 15 heavy (non-hydrogen) atoms. The van der Waals surface area contributed by atoms with Gasteiger partial charge in [-0.15, -0.1) is 0 Å². The molecule has 1 aromatic carbocycles. The summed E-state index contributed by atoms with van der Waals surface area (Å²) in [5, 5.41) is 0. The summed E-state index contributed by atoms with van der Waals surface area (Å²) >= 11 is 0. The molecule has 3 nitrogen and oxygen atoms in total. The topological polar surface area (TPSA) is 37.4 Å². The summed E-state index contributed by atoms with van der Waals surface area (Å²) in [4.78, 5) is 24.6. The first-order valence-electron chi connectivity index (χ1n) is 4.55. The Balaban J connectivity index is 3.23. The van der Waals surface area contributed by atoms with Gasteiger partial charge in [0.05, 0.1) is 5.56 Å². The van der Waals surface area contributed by atoms with Crippen molar-refractivity contribution in [1.82, 2.24) is 4.90 Å². The Labute approximate surface area is 89.0 Å². The number of ketones is 1. The van der Waals surface area contributed by atoms with Crippen LogP contribution in [0, 0.1) is 0 Å². The number of carbonyl (C=O) groups excluding carboxylic acids is 2. The minimum Gasteiger partial charge on any atom is -0.345 e. The van der Waals surface area contributed by atoms with E-state index in [1.54, 1.807) is 38.4 Å². The second-order valence-electron chi connectivity index (χ2n) is 3.31. The van der Waals surface area contributed by atoms with E-state index in [1.165, 1.54) is 11.0 Å². The molecule has 0 atom stereocenters. The number of benzene rings is 1. The molecular formula is C12H13NO2. The number of rotatable bonds is 3. The van der Waals surface area contributed by atoms with E-state index >= 15 is 0 Å². The van der Waals surface area contributed by atoms with Crippen molar-refractivity contribution in [2.75, 3.05) is 14.1 Å². The molecule has 0 saturated carbocycles. The lowest BCUT2D eigenvalue weighted by Gasteiger charge is -2.12. The van der Waals surface area contributed by atoms with Crippen LogP contribution in [0.25, 0.3) is 0 Å². The zero-order valence-corrected chi connectivity index (χ0v) is 8.86. The molecule has 0 saturated heterocycles. The van der Waals surface area contributed by atoms with E-state index in [9.17, 15) is 9.59 Å². The van der Waals surface area contributed by atoms with Gasteiger partial charge in [-0.05, 0) is 12.1 Å². The van der Waals surface area contributed by atoms with Crippen molar-refractivity contribution in [2.45, 2.75) is 0 Å². The van der Waals surface area contributed by atoms with Gasteiger partial charge in [-0.25, -0.2) is 0 Å². The van der Waals surface area contributed by atoms with Crippen LogP contribution in [-0.4, -0.2) is 30.7 Å². The lowest BCUT2D eigenvalue weighted by Crippen LogP contribution is -2.23. The molecule has 0 spiro atoms. The Hall–Kier alpha value is -1.90. The van der Waals surface area contributed by atoms with Gasteiger partial charge in [0.15, 0.2) is 5.78 Å². The van der Waals surface area contributed by atoms with Gasteiger partial charge >= 0.3 is 0 Å². The number of amides is 1. The molecule has 0 aromatic heterocycles. The highest BCUT2D eigenvalue weighted by Gasteiger charge is 2.15. The van der Waals surface area contributed by atoms with E-state index in [0.717, 1.165) is 0 Å². The van der Waals surface area contributed by atoms with Crippen molar-refractivity contribution in [1.29, 1.82) is 0 Å². The lowest BCUT2D eigenvalue weighted by molar-refractivity contribution is 0.0822. The molecule has 1 aromatic rings. The Morgan fingerprint density at radius 3 is 2.20 bits per heavy atom. The van der Waals surface area contributed by atoms with Crippen LogP contribution in [0.15, 0.2) is 36.9 Å². The van der Waals surface area contributed by atoms with E-state index in [-0.39, 0.29) is 11.7 Å². The number of carbonyl (C=O) groups is 2. The Kier molecular flexibility index (Phi) is 3.39. The average Bonchev–Trinajstić information content (AvgIpc) is 2.27. The molecule has 1 amide bonds. The Morgan fingerprint density at radius 2 is 1.73 bits per heavy atom. The van der Waals surface area contributed by atoms with E-state index in [4.69, 9.17) is 0 Å². The molecule has 0 fully saturated rings. The van der Waals surface area contributed by atoms with Crippen LogP contribution in [0.1, 0.15) is 20.7 Å². The molecule has 0 unspecified atom stereocenters. The highest BCUT2D eigenvalue weighted by Crippen LogP contribution is 2.11. The first kappa shape index (κ1) is 11.2. The van der Waals surface area contributed by atoms with E-state index < -0.39 is 0 Å². The van der Waals surface area contributed by atoms with Gasteiger partial charge in [0.25, 0.3) is 5.91 Å². The van der Waals surface area contributed by atoms with Crippen LogP contribution in [0.2, 0.25) is 0 Å². The number of nitrogens with zero attached hydrogens (tertiary/aromatic N) is 1. The van der Waals surface area contributed by atoms with Crippen LogP contribution in [0.5, 0.6) is 0 Å². The third kappa shape index (κ3) is 2.31. The average molecular weight is 203 g/mol. The van der Waals surface area contributed by atoms with Crippen LogP contribution in [-0.2, 0) is 0 Å². The van der Waals surface area contributed by atoms with E-state index in [1.807, 2.05) is 0 Å². The summed E-state index contributed by atoms with van der Waals surface area (Å²) in [6.45, 7) is 3.41. The fourth-order valence-electron chi connectivity index (χ4n) is 1.24. The maximum absolute atomic E-state index is 11.7. The van der Waals surface area contributed by atoms with Gasteiger partial charge in [0.1, 0.15) is 0 Å². The van der Waals surface area contributed by atoms with Crippen LogP contribution in [0.4, 0.5) is 0 Å². The summed E-state index contributed by atoms with van der Waals surface area (Å²) in [6.07, 6.45) is 1.21. The minimum atomic E-state index is -0.235. The summed E-state index contributed by atoms with van der Waals surface area (Å²) < 4.78 is 0. The monoisotopic (exact) mass is 203 g/mol. The van der Waals surface area contributed by atoms with Gasteiger partial charge < -0.3 is 4.90 Å². The highest BCUT2D eigenvalue weighted by atomic mass is 16.2. The number of allylic oxidation sites excluding steroid dienone is 1. The smallest absolute Gasteiger partial charge is 0.254 e. The molecule has 0 bridgehead atoms. The predicted octanol–water partition coefficient (Wildman–Crippen LogP) is 1.76. The second-order valence-corrected chi connectivity index (χ2v) is 3.31. The Morgan fingerprint density at radius 1 is 1.20 bits per heavy atom. The molecule has 0 aliphatic heterocycles. The van der Waals surface area contributed by atoms with Gasteiger partial charge in [-0.3, -0.25) is 9.59 Å². The van der Waals surface area contributed by atoms with Crippen molar-refractivity contribution >= 4 is 11.7 Å². The molecule has 78 valence electrons. The van der Waals surface area contributed by atoms with Crippen molar-refractivity contribution in [3.05, 3.63) is 48.0 Å². The lowest BCUT2D eigenvalue weighted by atomic mass is 10.0. The van der Waals surface area contributed by atoms with E-state index in [0.29, 0.717) is 11.1 Å². The molecule has 0 heterocycles. The molecule has 3 heteroatoms. The van der Waals surface area contributed by atoms with Crippen molar-refractivity contribution in [3.8, 4) is 0 Å². The van der Waals surface area contributed by atoms with Crippen molar-refractivity contribution in [3.63, 3.8) is 0 Å². The molecule has 0 N–H and O–H groups in total. The largest absolute Gasteiger partial charge is 0.345 e. The standard InChI is InChI=1S/C12H13NO2/c1-4-11(14)9-7-5-6-8-10(9)12(15)13(2)3/h4-8H,1H2,2-3H3. The summed E-state index contributed by atoms with van der Waals surface area (Å²) in [6, 6.07) is 6.72. The van der Waals surface area contributed by atoms with Crippen molar-refractivity contribution in [2.24, 2.45) is 0 Å². The zero-order valence-electron chi connectivity index (χ0n) is 8.86. The third-order valence-electron chi connectivity index (χ3n) is 2.01. The molecular weight excluding hydrogens is 190 g/mol. The quantitative estimate of drug-likeness (QED) is 0.554. The van der Waals surface area contributed by atoms with Crippen LogP contribution < -0.4 is 0 Å². The fourth-order valence-corrected chi connectivity index (χ4v) is 1.24. The van der Waals surface area contributed by atoms with Gasteiger partial charge in [0.2, 0.25) is 0 Å². The van der Waals surface area contributed by atoms with Gasteiger partial charge in [0, 0.05) is 19.7 Å². The number of hydrogen-bond acceptors (Lipinski definition) is 2. The molecule has 0 aliphatic carbocycles. The summed E-state index contributed by atoms with van der Waals surface area (Å²) in [5.74, 6) is -0.415. The SMILES string of the molecule is C=CC(=O)c1ccccc1C(=O)N(C)C. The number of hydrogen-bond donors (Lipinski definition) is 0. The molecule has 0 aliphatic rings. The van der Waals surface area contributed by atoms with Gasteiger partial charge in [-0.1, -0.05) is 24.8 Å². The predicted molar refractivity (Wildman–Crippen MR) is 59.0 cm³/mol. The van der Waals surface area contributed by atoms with Crippen LogP contribution >= 0.6 is 0 Å². The second kappa shape index (κ2) is 4.55. The van der Waals surface area contributed by atoms with Gasteiger partial charge in [-0.2, -0.15) is 0 Å². The normalized spacial score (nSPS) is 9.47. The maximum atomic E-state index is 11.7. The highest BCUT2D eigenvalue weighted by molar-refractivity contribution is 6.12. The van der Waals surface area contributed by atoms with Crippen molar-refractivity contribution < 1.29 is 9.59 Å². The fraction of sp³-hybridized carbons (Fsp3) is 0.167.